The van der Waals surface area contributed by atoms with Gasteiger partial charge in [0.2, 0.25) is 0 Å². The van der Waals surface area contributed by atoms with Crippen molar-refractivity contribution in [3.8, 4) is 0 Å². The van der Waals surface area contributed by atoms with Gasteiger partial charge in [-0.25, -0.2) is 4.79 Å². The zero-order valence-corrected chi connectivity index (χ0v) is 14.0. The molecule has 5 heteroatoms. The summed E-state index contributed by atoms with van der Waals surface area (Å²) in [5.74, 6) is -0.803. The van der Waals surface area contributed by atoms with Gasteiger partial charge in [-0.1, -0.05) is 18.2 Å². The number of ketones is 1. The van der Waals surface area contributed by atoms with Crippen LogP contribution >= 0.6 is 0 Å². The number of benzene rings is 1. The number of ether oxygens (including phenoxy) is 1. The molecule has 3 rings (SSSR count). The molecule has 1 fully saturated rings. The predicted molar refractivity (Wildman–Crippen MR) is 91.2 cm³/mol. The maximum absolute atomic E-state index is 12.4. The van der Waals surface area contributed by atoms with Crippen molar-refractivity contribution >= 4 is 22.7 Å². The highest BCUT2D eigenvalue weighted by Crippen LogP contribution is 2.32. The normalized spacial score (nSPS) is 20.3. The number of nitrogens with one attached hydrogen (secondary N) is 1. The molecule has 1 aliphatic heterocycles. The monoisotopic (exact) mass is 324 g/mol. The van der Waals surface area contributed by atoms with Gasteiger partial charge in [0, 0.05) is 28.9 Å². The molecule has 0 spiro atoms. The first-order chi connectivity index (χ1) is 11.3. The van der Waals surface area contributed by atoms with Crippen LogP contribution in [-0.2, 0) is 14.3 Å². The van der Waals surface area contributed by atoms with Crippen LogP contribution in [0, 0.1) is 0 Å². The third-order valence-electron chi connectivity index (χ3n) is 3.82. The molecule has 1 aliphatic rings. The molecule has 0 aliphatic carbocycles. The first kappa shape index (κ1) is 16.2. The minimum Gasteiger partial charge on any atom is -0.453 e. The number of Topliss-reactive ketones (excluding diaryl/α,β-unsaturated/α-hetero) is 1. The Hall–Kier alpha value is -2.69. The first-order valence-electron chi connectivity index (χ1n) is 7.91. The van der Waals surface area contributed by atoms with E-state index in [-0.39, 0.29) is 23.3 Å². The van der Waals surface area contributed by atoms with E-state index >= 15 is 0 Å². The van der Waals surface area contributed by atoms with Crippen molar-refractivity contribution in [2.24, 2.45) is 0 Å². The first-order valence-corrected chi connectivity index (χ1v) is 7.91. The maximum atomic E-state index is 12.4. The van der Waals surface area contributed by atoms with Gasteiger partial charge in [0.25, 0.3) is 0 Å². The molecule has 0 radical (unpaired) electrons. The number of nitrogens with zero attached hydrogens (tertiary/aromatic N) is 1. The molecule has 1 unspecified atom stereocenters. The summed E-state index contributed by atoms with van der Waals surface area (Å²) in [6.07, 6.45) is 2.69. The highest BCUT2D eigenvalue weighted by molar-refractivity contribution is 6.18. The molecule has 1 saturated heterocycles. The number of esters is 1. The molecule has 0 amide bonds. The summed E-state index contributed by atoms with van der Waals surface area (Å²) in [5, 5.41) is 3.94. The summed E-state index contributed by atoms with van der Waals surface area (Å²) in [4.78, 5) is 29.0. The second kappa shape index (κ2) is 6.07. The van der Waals surface area contributed by atoms with Crippen LogP contribution in [-0.4, -0.2) is 22.3 Å². The van der Waals surface area contributed by atoms with Gasteiger partial charge in [-0.3, -0.25) is 9.78 Å². The van der Waals surface area contributed by atoms with Gasteiger partial charge in [-0.05, 0) is 32.9 Å². The summed E-state index contributed by atoms with van der Waals surface area (Å²) >= 11 is 0. The summed E-state index contributed by atoms with van der Waals surface area (Å²) in [5.41, 5.74) is 1.46. The Morgan fingerprint density at radius 2 is 1.96 bits per heavy atom. The van der Waals surface area contributed by atoms with E-state index in [9.17, 15) is 9.59 Å². The number of carbonyl (C=O) groups is 2. The van der Waals surface area contributed by atoms with Crippen LogP contribution in [0.4, 0.5) is 0 Å². The quantitative estimate of drug-likeness (QED) is 0.522. The number of hydrogen-bond donors (Lipinski definition) is 1. The van der Waals surface area contributed by atoms with Gasteiger partial charge in [0.15, 0.2) is 5.78 Å². The predicted octanol–water partition coefficient (Wildman–Crippen LogP) is 3.06. The molecular formula is C19H20N2O3. The average molecular weight is 324 g/mol. The van der Waals surface area contributed by atoms with Crippen molar-refractivity contribution in [2.45, 2.75) is 38.8 Å². The van der Waals surface area contributed by atoms with E-state index in [2.05, 4.69) is 10.3 Å². The molecule has 1 aromatic heterocycles. The number of aromatic nitrogens is 1. The fourth-order valence-corrected chi connectivity index (χ4v) is 2.63. The van der Waals surface area contributed by atoms with Crippen LogP contribution in [0.3, 0.4) is 0 Å². The standard InChI is InChI=1S/C19H20N2O3/c1-19(2,3)21-11-14-16(22)10-17(24-18(14)23)13-8-9-20-15-7-5-4-6-12(13)15/h4-9,11,17,21H,10H2,1-3H3/b14-11+. The SMILES string of the molecule is CC(C)(C)N/C=C1\C(=O)CC(c2ccnc3ccccc23)OC1=O. The van der Waals surface area contributed by atoms with Crippen molar-refractivity contribution in [2.75, 3.05) is 0 Å². The van der Waals surface area contributed by atoms with Crippen molar-refractivity contribution < 1.29 is 14.3 Å². The topological polar surface area (TPSA) is 68.3 Å². The molecule has 2 heterocycles. The number of fused-ring (bicyclic) bond motifs is 1. The Morgan fingerprint density at radius 3 is 2.67 bits per heavy atom. The minimum atomic E-state index is -0.589. The van der Waals surface area contributed by atoms with Crippen molar-refractivity contribution in [1.29, 1.82) is 0 Å². The lowest BCUT2D eigenvalue weighted by Gasteiger charge is -2.25. The van der Waals surface area contributed by atoms with Crippen LogP contribution in [0.1, 0.15) is 38.9 Å². The molecule has 124 valence electrons. The number of carbonyl (C=O) groups excluding carboxylic acids is 2. The Kier molecular flexibility index (Phi) is 4.09. The third kappa shape index (κ3) is 3.30. The van der Waals surface area contributed by atoms with Crippen LogP contribution in [0.15, 0.2) is 48.3 Å². The fourth-order valence-electron chi connectivity index (χ4n) is 2.63. The van der Waals surface area contributed by atoms with Crippen molar-refractivity contribution in [1.82, 2.24) is 10.3 Å². The number of cyclic esters (lactones) is 1. The van der Waals surface area contributed by atoms with E-state index in [4.69, 9.17) is 4.74 Å². The van der Waals surface area contributed by atoms with E-state index < -0.39 is 12.1 Å². The summed E-state index contributed by atoms with van der Waals surface area (Å²) in [7, 11) is 0. The Morgan fingerprint density at radius 1 is 1.21 bits per heavy atom. The molecular weight excluding hydrogens is 304 g/mol. The van der Waals surface area contributed by atoms with E-state index in [1.165, 1.54) is 6.20 Å². The number of para-hydroxylation sites is 1. The minimum absolute atomic E-state index is 0.0690. The maximum Gasteiger partial charge on any atom is 0.343 e. The summed E-state index contributed by atoms with van der Waals surface area (Å²) in [6, 6.07) is 9.41. The summed E-state index contributed by atoms with van der Waals surface area (Å²) in [6.45, 7) is 5.86. The second-order valence-corrected chi connectivity index (χ2v) is 6.89. The zero-order valence-electron chi connectivity index (χ0n) is 14.0. The lowest BCUT2D eigenvalue weighted by atomic mass is 9.95. The highest BCUT2D eigenvalue weighted by Gasteiger charge is 2.34. The van der Waals surface area contributed by atoms with Crippen molar-refractivity contribution in [3.05, 3.63) is 53.9 Å². The van der Waals surface area contributed by atoms with Gasteiger partial charge in [-0.15, -0.1) is 0 Å². The van der Waals surface area contributed by atoms with E-state index in [1.807, 2.05) is 45.0 Å². The molecule has 0 bridgehead atoms. The average Bonchev–Trinajstić information content (AvgIpc) is 2.52. The van der Waals surface area contributed by atoms with Gasteiger partial charge in [0.05, 0.1) is 11.9 Å². The van der Waals surface area contributed by atoms with Crippen molar-refractivity contribution in [3.63, 3.8) is 0 Å². The lowest BCUT2D eigenvalue weighted by Crippen LogP contribution is -2.35. The largest absolute Gasteiger partial charge is 0.453 e. The second-order valence-electron chi connectivity index (χ2n) is 6.89. The van der Waals surface area contributed by atoms with E-state index in [0.29, 0.717) is 0 Å². The zero-order chi connectivity index (χ0) is 17.3. The Labute approximate surface area is 140 Å². The third-order valence-corrected chi connectivity index (χ3v) is 3.82. The van der Waals surface area contributed by atoms with E-state index in [1.54, 1.807) is 12.3 Å². The van der Waals surface area contributed by atoms with Gasteiger partial charge >= 0.3 is 5.97 Å². The molecule has 2 aromatic rings. The Bertz CT molecular complexity index is 809. The van der Waals surface area contributed by atoms with Gasteiger partial charge in [-0.2, -0.15) is 0 Å². The number of rotatable bonds is 2. The number of pyridine rings is 1. The Balaban J connectivity index is 1.89. The van der Waals surface area contributed by atoms with Crippen LogP contribution < -0.4 is 5.32 Å². The van der Waals surface area contributed by atoms with Crippen LogP contribution in [0.25, 0.3) is 10.9 Å². The molecule has 0 saturated carbocycles. The van der Waals surface area contributed by atoms with Crippen LogP contribution in [0.5, 0.6) is 0 Å². The fraction of sp³-hybridized carbons (Fsp3) is 0.316. The molecule has 1 atom stereocenters. The van der Waals surface area contributed by atoms with E-state index in [0.717, 1.165) is 16.5 Å². The molecule has 1 N–H and O–H groups in total. The van der Waals surface area contributed by atoms with Gasteiger partial charge in [0.1, 0.15) is 11.7 Å². The highest BCUT2D eigenvalue weighted by atomic mass is 16.5. The van der Waals surface area contributed by atoms with Crippen LogP contribution in [0.2, 0.25) is 0 Å². The summed E-state index contributed by atoms with van der Waals surface area (Å²) < 4.78 is 5.53. The molecule has 5 nitrogen and oxygen atoms in total. The molecule has 1 aromatic carbocycles. The molecule has 24 heavy (non-hydrogen) atoms. The lowest BCUT2D eigenvalue weighted by molar-refractivity contribution is -0.151. The van der Waals surface area contributed by atoms with Gasteiger partial charge < -0.3 is 10.1 Å². The number of hydrogen-bond acceptors (Lipinski definition) is 5. The smallest absolute Gasteiger partial charge is 0.343 e.